The second-order valence-corrected chi connectivity index (χ2v) is 8.75. The molecular weight excluding hydrogens is 456 g/mol. The second kappa shape index (κ2) is 8.64. The van der Waals surface area contributed by atoms with Gasteiger partial charge in [0.15, 0.2) is 11.5 Å². The highest BCUT2D eigenvalue weighted by Crippen LogP contribution is 2.52. The number of anilines is 1. The van der Waals surface area contributed by atoms with Gasteiger partial charge in [-0.1, -0.05) is 42.0 Å². The van der Waals surface area contributed by atoms with Gasteiger partial charge in [-0.3, -0.25) is 0 Å². The number of aromatic nitrogens is 3. The number of rotatable bonds is 5. The number of para-hydroxylation sites is 1. The third kappa shape index (κ3) is 3.37. The molecule has 2 aliphatic rings. The van der Waals surface area contributed by atoms with Crippen molar-refractivity contribution >= 4 is 11.6 Å². The van der Waals surface area contributed by atoms with Crippen LogP contribution in [0.1, 0.15) is 34.4 Å². The molecule has 8 nitrogen and oxygen atoms in total. The molecule has 36 heavy (non-hydrogen) atoms. The quantitative estimate of drug-likeness (QED) is 0.420. The molecule has 3 heterocycles. The van der Waals surface area contributed by atoms with E-state index in [-0.39, 0.29) is 6.04 Å². The molecule has 1 aromatic heterocycles. The molecule has 2 atom stereocenters. The Morgan fingerprint density at radius 1 is 0.889 bits per heavy atom. The molecule has 4 aromatic rings. The first-order chi connectivity index (χ1) is 17.6. The lowest BCUT2D eigenvalue weighted by Gasteiger charge is -2.39. The maximum Gasteiger partial charge on any atom is 0.226 e. The van der Waals surface area contributed by atoms with Gasteiger partial charge in [-0.2, -0.15) is 10.1 Å². The van der Waals surface area contributed by atoms with Gasteiger partial charge in [0.2, 0.25) is 11.7 Å². The number of aryl methyl sites for hydroxylation is 1. The second-order valence-electron chi connectivity index (χ2n) is 8.75. The summed E-state index contributed by atoms with van der Waals surface area (Å²) in [4.78, 5) is 4.50. The summed E-state index contributed by atoms with van der Waals surface area (Å²) in [6.45, 7) is 2.08. The van der Waals surface area contributed by atoms with Crippen molar-refractivity contribution < 1.29 is 18.9 Å². The van der Waals surface area contributed by atoms with E-state index in [0.717, 1.165) is 33.7 Å². The first-order valence-electron chi connectivity index (χ1n) is 11.7. The summed E-state index contributed by atoms with van der Waals surface area (Å²) in [5.41, 5.74) is 6.09. The predicted molar refractivity (Wildman–Crippen MR) is 136 cm³/mol. The summed E-state index contributed by atoms with van der Waals surface area (Å²) >= 11 is 0. The Hall–Kier alpha value is -4.46. The average Bonchev–Trinajstić information content (AvgIpc) is 3.39. The normalized spacial score (nSPS) is 17.8. The molecule has 0 fully saturated rings. The van der Waals surface area contributed by atoms with Crippen molar-refractivity contribution in [2.45, 2.75) is 19.1 Å². The smallest absolute Gasteiger partial charge is 0.226 e. The lowest BCUT2D eigenvalue weighted by molar-refractivity contribution is 0.221. The van der Waals surface area contributed by atoms with Crippen molar-refractivity contribution in [3.05, 3.63) is 94.8 Å². The molecule has 0 amide bonds. The minimum atomic E-state index is -0.459. The summed E-state index contributed by atoms with van der Waals surface area (Å²) in [7, 11) is 4.82. The molecule has 0 aliphatic carbocycles. The fourth-order valence-electron chi connectivity index (χ4n) is 5.01. The number of nitrogens with one attached hydrogen (secondary N) is 1. The summed E-state index contributed by atoms with van der Waals surface area (Å²) in [6.07, 6.45) is 1.11. The molecule has 8 heteroatoms. The van der Waals surface area contributed by atoms with Gasteiger partial charge in [0.25, 0.3) is 0 Å². The van der Waals surface area contributed by atoms with Crippen molar-refractivity contribution in [2.75, 3.05) is 26.6 Å². The van der Waals surface area contributed by atoms with Crippen LogP contribution in [0.3, 0.4) is 0 Å². The van der Waals surface area contributed by atoms with Gasteiger partial charge in [-0.05, 0) is 36.8 Å². The van der Waals surface area contributed by atoms with Gasteiger partial charge >= 0.3 is 0 Å². The molecular formula is C28H26N4O4. The van der Waals surface area contributed by atoms with E-state index in [0.29, 0.717) is 23.2 Å². The summed E-state index contributed by atoms with van der Waals surface area (Å²) in [5, 5.41) is 8.12. The highest BCUT2D eigenvalue weighted by Gasteiger charge is 2.41. The monoisotopic (exact) mass is 482 g/mol. The largest absolute Gasteiger partial charge is 0.493 e. The molecule has 6 rings (SSSR count). The van der Waals surface area contributed by atoms with Crippen LogP contribution in [0.2, 0.25) is 0 Å². The molecule has 0 saturated carbocycles. The summed E-state index contributed by atoms with van der Waals surface area (Å²) < 4.78 is 25.5. The Morgan fingerprint density at radius 3 is 2.31 bits per heavy atom. The number of hydrogen-bond donors (Lipinski definition) is 1. The first kappa shape index (κ1) is 22.0. The number of ether oxygens (including phenoxy) is 4. The van der Waals surface area contributed by atoms with E-state index in [1.807, 2.05) is 35.0 Å². The Kier molecular flexibility index (Phi) is 5.29. The van der Waals surface area contributed by atoms with E-state index in [9.17, 15) is 0 Å². The number of benzene rings is 3. The van der Waals surface area contributed by atoms with Crippen LogP contribution in [0.4, 0.5) is 5.95 Å². The van der Waals surface area contributed by atoms with Gasteiger partial charge in [-0.25, -0.2) is 4.68 Å². The van der Waals surface area contributed by atoms with Crippen LogP contribution in [0, 0.1) is 6.92 Å². The number of hydrogen-bond acceptors (Lipinski definition) is 7. The third-order valence-corrected chi connectivity index (χ3v) is 6.70. The van der Waals surface area contributed by atoms with Gasteiger partial charge < -0.3 is 24.3 Å². The van der Waals surface area contributed by atoms with E-state index in [4.69, 9.17) is 18.9 Å². The highest BCUT2D eigenvalue weighted by molar-refractivity contribution is 5.85. The minimum absolute atomic E-state index is 0.239. The van der Waals surface area contributed by atoms with Crippen LogP contribution in [0.5, 0.6) is 23.0 Å². The number of methoxy groups -OCH3 is 3. The van der Waals surface area contributed by atoms with Crippen LogP contribution >= 0.6 is 0 Å². The minimum Gasteiger partial charge on any atom is -0.493 e. The Balaban J connectivity index is 1.62. The van der Waals surface area contributed by atoms with Crippen LogP contribution in [0.25, 0.3) is 5.70 Å². The van der Waals surface area contributed by atoms with Crippen molar-refractivity contribution in [2.24, 2.45) is 0 Å². The maximum absolute atomic E-state index is 6.72. The Bertz CT molecular complexity index is 1450. The fraction of sp³-hybridized carbons (Fsp3) is 0.214. The molecule has 1 N–H and O–H groups in total. The van der Waals surface area contributed by atoms with Gasteiger partial charge in [0, 0.05) is 16.7 Å². The average molecular weight is 483 g/mol. The fourth-order valence-corrected chi connectivity index (χ4v) is 5.01. The number of fused-ring (bicyclic) bond motifs is 3. The Morgan fingerprint density at radius 2 is 1.61 bits per heavy atom. The molecule has 0 radical (unpaired) electrons. The highest BCUT2D eigenvalue weighted by atomic mass is 16.5. The predicted octanol–water partition coefficient (Wildman–Crippen LogP) is 5.17. The zero-order chi connectivity index (χ0) is 24.8. The van der Waals surface area contributed by atoms with Crippen LogP contribution in [-0.2, 0) is 0 Å². The van der Waals surface area contributed by atoms with Crippen molar-refractivity contribution in [3.63, 3.8) is 0 Å². The van der Waals surface area contributed by atoms with Gasteiger partial charge in [0.1, 0.15) is 24.2 Å². The van der Waals surface area contributed by atoms with Crippen LogP contribution in [0.15, 0.2) is 72.6 Å². The molecule has 2 aliphatic heterocycles. The van der Waals surface area contributed by atoms with E-state index >= 15 is 0 Å². The van der Waals surface area contributed by atoms with E-state index in [2.05, 4.69) is 52.7 Å². The molecule has 2 unspecified atom stereocenters. The van der Waals surface area contributed by atoms with Crippen molar-refractivity contribution in [1.82, 2.24) is 14.8 Å². The zero-order valence-electron chi connectivity index (χ0n) is 20.5. The number of nitrogens with zero attached hydrogens (tertiary/aromatic N) is 3. The third-order valence-electron chi connectivity index (χ3n) is 6.70. The summed E-state index contributed by atoms with van der Waals surface area (Å²) in [6, 6.07) is 20.1. The van der Waals surface area contributed by atoms with Crippen LogP contribution in [-0.4, -0.2) is 36.1 Å². The zero-order valence-corrected chi connectivity index (χ0v) is 20.5. The first-order valence-corrected chi connectivity index (χ1v) is 11.7. The molecule has 0 bridgehead atoms. The maximum atomic E-state index is 6.72. The standard InChI is InChI=1S/C28H26N4O4/c1-16-9-11-17(12-10-16)25-23-24(31-28-29-15-30-32(25)28)19-7-5-6-8-20(19)36-26(23)18-13-21(33-2)27(35-4)22(14-18)34-3/h5-15,25-26H,1-4H3,(H,29,30,31). The van der Waals surface area contributed by atoms with Crippen molar-refractivity contribution in [3.8, 4) is 23.0 Å². The topological polar surface area (TPSA) is 79.7 Å². The molecule has 182 valence electrons. The molecule has 3 aromatic carbocycles. The molecule has 0 saturated heterocycles. The molecule has 0 spiro atoms. The van der Waals surface area contributed by atoms with Crippen LogP contribution < -0.4 is 24.3 Å². The lowest BCUT2D eigenvalue weighted by Crippen LogP contribution is -2.32. The summed E-state index contributed by atoms with van der Waals surface area (Å²) in [5.74, 6) is 3.12. The lowest BCUT2D eigenvalue weighted by atomic mass is 9.84. The van der Waals surface area contributed by atoms with Crippen molar-refractivity contribution in [1.29, 1.82) is 0 Å². The SMILES string of the molecule is COc1cc(C2Oc3ccccc3C3=C2C(c2ccc(C)cc2)n2ncnc2N3)cc(OC)c1OC. The van der Waals surface area contributed by atoms with Gasteiger partial charge in [-0.15, -0.1) is 0 Å². The van der Waals surface area contributed by atoms with E-state index in [1.165, 1.54) is 5.56 Å². The van der Waals surface area contributed by atoms with Gasteiger partial charge in [0.05, 0.1) is 27.0 Å². The Labute approximate surface area is 209 Å². The van der Waals surface area contributed by atoms with E-state index in [1.54, 1.807) is 27.7 Å². The van der Waals surface area contributed by atoms with E-state index < -0.39 is 6.10 Å².